The molecule has 1 saturated heterocycles. The molecular weight excluding hydrogens is 316 g/mol. The van der Waals surface area contributed by atoms with Crippen molar-refractivity contribution in [3.63, 3.8) is 0 Å². The predicted molar refractivity (Wildman–Crippen MR) is 82.1 cm³/mol. The van der Waals surface area contributed by atoms with Crippen LogP contribution in [-0.4, -0.2) is 66.6 Å². The monoisotopic (exact) mass is 338 g/mol. The van der Waals surface area contributed by atoms with E-state index >= 15 is 0 Å². The molecule has 2 amide bonds. The van der Waals surface area contributed by atoms with Crippen LogP contribution in [0.1, 0.15) is 19.8 Å². The zero-order chi connectivity index (χ0) is 16.0. The van der Waals surface area contributed by atoms with Gasteiger partial charge in [0.05, 0.1) is 5.92 Å². The van der Waals surface area contributed by atoms with Crippen molar-refractivity contribution in [1.29, 1.82) is 0 Å². The molecule has 7 nitrogen and oxygen atoms in total. The maximum atomic E-state index is 12.1. The van der Waals surface area contributed by atoms with E-state index in [4.69, 9.17) is 5.11 Å². The molecule has 0 aliphatic carbocycles. The number of rotatable bonds is 6. The Hall–Kier alpha value is -0.960. The summed E-state index contributed by atoms with van der Waals surface area (Å²) in [5, 5.41) is 10.6. The van der Waals surface area contributed by atoms with Gasteiger partial charge in [0, 0.05) is 30.9 Å². The number of nitrogens with zero attached hydrogens (tertiary/aromatic N) is 1. The van der Waals surface area contributed by atoms with Crippen LogP contribution in [-0.2, 0) is 14.6 Å². The minimum Gasteiger partial charge on any atom is -0.481 e. The van der Waals surface area contributed by atoms with Gasteiger partial charge in [-0.1, -0.05) is 6.92 Å². The minimum atomic E-state index is -3.31. The first kappa shape index (κ1) is 18.1. The van der Waals surface area contributed by atoms with Gasteiger partial charge in [0.15, 0.2) is 9.84 Å². The Morgan fingerprint density at radius 2 is 2.14 bits per heavy atom. The summed E-state index contributed by atoms with van der Waals surface area (Å²) in [6.07, 6.45) is 2.16. The fourth-order valence-corrected chi connectivity index (χ4v) is 4.81. The molecule has 1 heterocycles. The topological polar surface area (TPSA) is 104 Å². The number of hydrogen-bond acceptors (Lipinski definition) is 5. The lowest BCUT2D eigenvalue weighted by molar-refractivity contribution is -0.141. The lowest BCUT2D eigenvalue weighted by Crippen LogP contribution is -2.53. The zero-order valence-electron chi connectivity index (χ0n) is 12.2. The third-order valence-electron chi connectivity index (χ3n) is 3.35. The van der Waals surface area contributed by atoms with Crippen molar-refractivity contribution in [1.82, 2.24) is 10.2 Å². The molecule has 0 aromatic carbocycles. The number of carbonyl (C=O) groups excluding carboxylic acids is 1. The number of nitrogens with one attached hydrogen (secondary N) is 1. The SMILES string of the molecule is CC(CCCNC(=O)N1CCSCC1S(C)(=O)=O)C(=O)O. The maximum absolute atomic E-state index is 12.1. The summed E-state index contributed by atoms with van der Waals surface area (Å²) in [5.74, 6) is -0.193. The average Bonchev–Trinajstić information content (AvgIpc) is 2.42. The van der Waals surface area contributed by atoms with Crippen LogP contribution in [0.2, 0.25) is 0 Å². The van der Waals surface area contributed by atoms with Crippen LogP contribution in [0.4, 0.5) is 4.79 Å². The van der Waals surface area contributed by atoms with Gasteiger partial charge in [-0.2, -0.15) is 11.8 Å². The summed E-state index contributed by atoms with van der Waals surface area (Å²) in [4.78, 5) is 24.1. The number of carboxylic acids is 1. The molecular formula is C12H22N2O5S2. The molecule has 0 aromatic heterocycles. The van der Waals surface area contributed by atoms with Crippen LogP contribution in [0, 0.1) is 5.92 Å². The van der Waals surface area contributed by atoms with Gasteiger partial charge in [0.2, 0.25) is 0 Å². The highest BCUT2D eigenvalue weighted by Crippen LogP contribution is 2.20. The molecule has 0 saturated carbocycles. The fourth-order valence-electron chi connectivity index (χ4n) is 2.00. The maximum Gasteiger partial charge on any atom is 0.318 e. The van der Waals surface area contributed by atoms with Crippen molar-refractivity contribution >= 4 is 33.6 Å². The highest BCUT2D eigenvalue weighted by molar-refractivity contribution is 8.00. The minimum absolute atomic E-state index is 0.344. The van der Waals surface area contributed by atoms with Crippen molar-refractivity contribution in [3.05, 3.63) is 0 Å². The Morgan fingerprint density at radius 1 is 1.48 bits per heavy atom. The Morgan fingerprint density at radius 3 is 2.71 bits per heavy atom. The van der Waals surface area contributed by atoms with Crippen LogP contribution in [0.15, 0.2) is 0 Å². The molecule has 0 aromatic rings. The molecule has 1 fully saturated rings. The average molecular weight is 338 g/mol. The summed E-state index contributed by atoms with van der Waals surface area (Å²) in [5.41, 5.74) is 0. The summed E-state index contributed by atoms with van der Waals surface area (Å²) >= 11 is 1.52. The zero-order valence-corrected chi connectivity index (χ0v) is 13.9. The lowest BCUT2D eigenvalue weighted by atomic mass is 10.1. The van der Waals surface area contributed by atoms with E-state index in [0.29, 0.717) is 31.7 Å². The van der Waals surface area contributed by atoms with E-state index in [9.17, 15) is 18.0 Å². The van der Waals surface area contributed by atoms with Gasteiger partial charge in [-0.25, -0.2) is 13.2 Å². The van der Waals surface area contributed by atoms with Gasteiger partial charge in [-0.05, 0) is 12.8 Å². The van der Waals surface area contributed by atoms with E-state index in [1.165, 1.54) is 16.7 Å². The molecule has 0 spiro atoms. The number of carbonyl (C=O) groups is 2. The molecule has 1 aliphatic rings. The largest absolute Gasteiger partial charge is 0.481 e. The van der Waals surface area contributed by atoms with Gasteiger partial charge >= 0.3 is 12.0 Å². The Labute approximate surface area is 129 Å². The van der Waals surface area contributed by atoms with Gasteiger partial charge < -0.3 is 15.3 Å². The molecule has 9 heteroatoms. The van der Waals surface area contributed by atoms with E-state index in [2.05, 4.69) is 5.32 Å². The number of amides is 2. The summed E-state index contributed by atoms with van der Waals surface area (Å²) in [6, 6.07) is -0.395. The van der Waals surface area contributed by atoms with Crippen LogP contribution in [0.3, 0.4) is 0 Å². The number of aliphatic carboxylic acids is 1. The highest BCUT2D eigenvalue weighted by atomic mass is 32.2. The van der Waals surface area contributed by atoms with Gasteiger partial charge in [-0.15, -0.1) is 0 Å². The Balaban J connectivity index is 2.44. The Bertz CT molecular complexity index is 480. The molecule has 1 rings (SSSR count). The standard InChI is InChI=1S/C12H22N2O5S2/c1-9(11(15)16)4-3-5-13-12(17)14-6-7-20-8-10(14)21(2,18)19/h9-10H,3-8H2,1-2H3,(H,13,17)(H,15,16). The molecule has 2 N–H and O–H groups in total. The smallest absolute Gasteiger partial charge is 0.318 e. The van der Waals surface area contributed by atoms with E-state index in [1.807, 2.05) is 0 Å². The van der Waals surface area contributed by atoms with Crippen LogP contribution >= 0.6 is 11.8 Å². The van der Waals surface area contributed by atoms with Crippen LogP contribution in [0.25, 0.3) is 0 Å². The third kappa shape index (κ3) is 5.74. The van der Waals surface area contributed by atoms with Crippen LogP contribution < -0.4 is 5.32 Å². The van der Waals surface area contributed by atoms with Crippen molar-refractivity contribution in [2.24, 2.45) is 5.92 Å². The summed E-state index contributed by atoms with van der Waals surface area (Å²) < 4.78 is 23.4. The molecule has 0 radical (unpaired) electrons. The fraction of sp³-hybridized carbons (Fsp3) is 0.833. The lowest BCUT2D eigenvalue weighted by Gasteiger charge is -2.34. The van der Waals surface area contributed by atoms with Crippen molar-refractivity contribution in [2.45, 2.75) is 25.1 Å². The number of carboxylic acid groups (broad SMARTS) is 1. The molecule has 122 valence electrons. The van der Waals surface area contributed by atoms with Crippen molar-refractivity contribution in [2.75, 3.05) is 30.9 Å². The third-order valence-corrected chi connectivity index (χ3v) is 5.99. The highest BCUT2D eigenvalue weighted by Gasteiger charge is 2.33. The second-order valence-corrected chi connectivity index (χ2v) is 8.52. The molecule has 21 heavy (non-hydrogen) atoms. The number of urea groups is 1. The van der Waals surface area contributed by atoms with Crippen LogP contribution in [0.5, 0.6) is 0 Å². The van der Waals surface area contributed by atoms with E-state index in [1.54, 1.807) is 6.92 Å². The number of thioether (sulfide) groups is 1. The van der Waals surface area contributed by atoms with Gasteiger partial charge in [-0.3, -0.25) is 4.79 Å². The number of sulfone groups is 1. The first-order valence-corrected chi connectivity index (χ1v) is 9.88. The van der Waals surface area contributed by atoms with Gasteiger partial charge in [0.25, 0.3) is 0 Å². The van der Waals surface area contributed by atoms with E-state index < -0.39 is 33.1 Å². The first-order valence-electron chi connectivity index (χ1n) is 6.77. The predicted octanol–water partition coefficient (Wildman–Crippen LogP) is 0.616. The molecule has 1 aliphatic heterocycles. The van der Waals surface area contributed by atoms with E-state index in [0.717, 1.165) is 12.0 Å². The first-order chi connectivity index (χ1) is 9.73. The second kappa shape index (κ2) is 7.88. The van der Waals surface area contributed by atoms with Crippen molar-refractivity contribution in [3.8, 4) is 0 Å². The molecule has 2 unspecified atom stereocenters. The van der Waals surface area contributed by atoms with Crippen molar-refractivity contribution < 1.29 is 23.1 Å². The quantitative estimate of drug-likeness (QED) is 0.688. The summed E-state index contributed by atoms with van der Waals surface area (Å²) in [7, 11) is -3.31. The van der Waals surface area contributed by atoms with Gasteiger partial charge in [0.1, 0.15) is 5.37 Å². The Kier molecular flexibility index (Phi) is 6.79. The molecule has 0 bridgehead atoms. The second-order valence-electron chi connectivity index (χ2n) is 5.17. The van der Waals surface area contributed by atoms with E-state index in [-0.39, 0.29) is 0 Å². The number of hydrogen-bond donors (Lipinski definition) is 2. The normalized spacial score (nSPS) is 20.9. The summed E-state index contributed by atoms with van der Waals surface area (Å²) in [6.45, 7) is 2.36. The molecule has 2 atom stereocenters.